The number of benzene rings is 2. The highest BCUT2D eigenvalue weighted by Crippen LogP contribution is 2.22. The van der Waals surface area contributed by atoms with Gasteiger partial charge in [-0.15, -0.1) is 0 Å². The van der Waals surface area contributed by atoms with E-state index >= 15 is 0 Å². The van der Waals surface area contributed by atoms with Gasteiger partial charge < -0.3 is 16.2 Å². The second-order valence-electron chi connectivity index (χ2n) is 4.56. The summed E-state index contributed by atoms with van der Waals surface area (Å²) in [5.74, 6) is -1.53. The Morgan fingerprint density at radius 2 is 1.85 bits per heavy atom. The van der Waals surface area contributed by atoms with Crippen LogP contribution in [0.3, 0.4) is 0 Å². The molecule has 1 amide bonds. The van der Waals surface area contributed by atoms with Crippen LogP contribution in [-0.2, 0) is 4.79 Å². The van der Waals surface area contributed by atoms with E-state index in [0.29, 0.717) is 17.7 Å². The quantitative estimate of drug-likeness (QED) is 0.742. The van der Waals surface area contributed by atoms with Crippen molar-refractivity contribution in [3.8, 4) is 0 Å². The normalized spacial score (nSPS) is 12.1. The van der Waals surface area contributed by atoms with Crippen LogP contribution in [-0.4, -0.2) is 23.0 Å². The average molecular weight is 272 g/mol. The minimum absolute atomic E-state index is 0.295. The molecule has 2 aromatic carbocycles. The molecular formula is C15H16N2O3. The third-order valence-corrected chi connectivity index (χ3v) is 3.17. The van der Waals surface area contributed by atoms with E-state index in [9.17, 15) is 9.59 Å². The minimum atomic E-state index is -1.06. The molecule has 0 heterocycles. The average Bonchev–Trinajstić information content (AvgIpc) is 2.43. The monoisotopic (exact) mass is 272 g/mol. The number of anilines is 1. The highest BCUT2D eigenvalue weighted by atomic mass is 16.4. The Morgan fingerprint density at radius 1 is 1.25 bits per heavy atom. The summed E-state index contributed by atoms with van der Waals surface area (Å²) in [6, 6.07) is 10.0. The van der Waals surface area contributed by atoms with Gasteiger partial charge in [0.1, 0.15) is 6.04 Å². The third kappa shape index (κ3) is 2.71. The lowest BCUT2D eigenvalue weighted by molar-refractivity contribution is -0.139. The summed E-state index contributed by atoms with van der Waals surface area (Å²) in [5.41, 5.74) is 6.50. The molecule has 0 bridgehead atoms. The fraction of sp³-hybridized carbons (Fsp3) is 0.200. The molecule has 0 saturated carbocycles. The maximum Gasteiger partial charge on any atom is 0.326 e. The van der Waals surface area contributed by atoms with Crippen LogP contribution in [0, 0.1) is 0 Å². The van der Waals surface area contributed by atoms with Gasteiger partial charge in [0, 0.05) is 5.69 Å². The van der Waals surface area contributed by atoms with Crippen LogP contribution in [0.25, 0.3) is 10.8 Å². The molecule has 0 aliphatic heterocycles. The smallest absolute Gasteiger partial charge is 0.326 e. The highest BCUT2D eigenvalue weighted by molar-refractivity contribution is 6.05. The molecule has 0 unspecified atom stereocenters. The van der Waals surface area contributed by atoms with Gasteiger partial charge in [0.2, 0.25) is 0 Å². The summed E-state index contributed by atoms with van der Waals surface area (Å²) in [6.45, 7) is 1.70. The van der Waals surface area contributed by atoms with Gasteiger partial charge in [-0.2, -0.15) is 0 Å². The van der Waals surface area contributed by atoms with Crippen LogP contribution in [0.4, 0.5) is 5.69 Å². The van der Waals surface area contributed by atoms with E-state index in [2.05, 4.69) is 5.32 Å². The Morgan fingerprint density at radius 3 is 2.40 bits per heavy atom. The number of nitrogens with one attached hydrogen (secondary N) is 1. The van der Waals surface area contributed by atoms with Gasteiger partial charge in [-0.1, -0.05) is 31.2 Å². The van der Waals surface area contributed by atoms with E-state index in [1.165, 1.54) is 0 Å². The van der Waals surface area contributed by atoms with Crippen LogP contribution in [0.1, 0.15) is 23.7 Å². The van der Waals surface area contributed by atoms with E-state index in [1.807, 2.05) is 24.3 Å². The molecule has 5 heteroatoms. The molecule has 1 atom stereocenters. The van der Waals surface area contributed by atoms with E-state index in [4.69, 9.17) is 10.8 Å². The van der Waals surface area contributed by atoms with E-state index in [1.54, 1.807) is 19.1 Å². The summed E-state index contributed by atoms with van der Waals surface area (Å²) in [4.78, 5) is 23.1. The SMILES string of the molecule is CC[C@H](NC(=O)c1cc2ccccc2cc1N)C(=O)O. The second kappa shape index (κ2) is 5.61. The fourth-order valence-corrected chi connectivity index (χ4v) is 2.03. The lowest BCUT2D eigenvalue weighted by Crippen LogP contribution is -2.40. The molecular weight excluding hydrogens is 256 g/mol. The van der Waals surface area contributed by atoms with E-state index in [-0.39, 0.29) is 0 Å². The molecule has 20 heavy (non-hydrogen) atoms. The molecule has 2 aromatic rings. The molecule has 104 valence electrons. The molecule has 0 aliphatic carbocycles. The first-order valence-electron chi connectivity index (χ1n) is 6.35. The Labute approximate surface area is 116 Å². The van der Waals surface area contributed by atoms with Crippen molar-refractivity contribution in [1.82, 2.24) is 5.32 Å². The Bertz CT molecular complexity index is 667. The summed E-state index contributed by atoms with van der Waals surface area (Å²) in [5, 5.41) is 13.3. The summed E-state index contributed by atoms with van der Waals surface area (Å²) >= 11 is 0. The van der Waals surface area contributed by atoms with Gasteiger partial charge in [-0.25, -0.2) is 4.79 Å². The van der Waals surface area contributed by atoms with Gasteiger partial charge in [0.05, 0.1) is 5.56 Å². The number of carbonyl (C=O) groups excluding carboxylic acids is 1. The number of hydrogen-bond donors (Lipinski definition) is 3. The number of hydrogen-bond acceptors (Lipinski definition) is 3. The molecule has 0 radical (unpaired) electrons. The predicted molar refractivity (Wildman–Crippen MR) is 77.5 cm³/mol. The van der Waals surface area contributed by atoms with Gasteiger partial charge in [0.25, 0.3) is 5.91 Å². The van der Waals surface area contributed by atoms with Crippen LogP contribution < -0.4 is 11.1 Å². The van der Waals surface area contributed by atoms with Gasteiger partial charge in [0.15, 0.2) is 0 Å². The molecule has 0 fully saturated rings. The molecule has 2 rings (SSSR count). The molecule has 0 spiro atoms. The zero-order valence-corrected chi connectivity index (χ0v) is 11.1. The maximum absolute atomic E-state index is 12.1. The maximum atomic E-state index is 12.1. The number of rotatable bonds is 4. The zero-order valence-electron chi connectivity index (χ0n) is 11.1. The Hall–Kier alpha value is -2.56. The molecule has 5 nitrogen and oxygen atoms in total. The van der Waals surface area contributed by atoms with Crippen molar-refractivity contribution < 1.29 is 14.7 Å². The molecule has 0 aromatic heterocycles. The topological polar surface area (TPSA) is 92.4 Å². The van der Waals surface area contributed by atoms with E-state index < -0.39 is 17.9 Å². The number of carboxylic acid groups (broad SMARTS) is 1. The number of aliphatic carboxylic acids is 1. The molecule has 0 saturated heterocycles. The second-order valence-corrected chi connectivity index (χ2v) is 4.56. The number of carboxylic acids is 1. The summed E-state index contributed by atoms with van der Waals surface area (Å²) in [7, 11) is 0. The number of amides is 1. The fourth-order valence-electron chi connectivity index (χ4n) is 2.03. The van der Waals surface area contributed by atoms with Gasteiger partial charge in [-0.3, -0.25) is 4.79 Å². The van der Waals surface area contributed by atoms with Gasteiger partial charge >= 0.3 is 5.97 Å². The van der Waals surface area contributed by atoms with Crippen molar-refractivity contribution in [3.63, 3.8) is 0 Å². The molecule has 4 N–H and O–H groups in total. The summed E-state index contributed by atoms with van der Waals surface area (Å²) in [6.07, 6.45) is 0.314. The lowest BCUT2D eigenvalue weighted by Gasteiger charge is -2.14. The van der Waals surface area contributed by atoms with Crippen LogP contribution in [0.15, 0.2) is 36.4 Å². The van der Waals surface area contributed by atoms with Crippen LogP contribution in [0.2, 0.25) is 0 Å². The van der Waals surface area contributed by atoms with Crippen LogP contribution in [0.5, 0.6) is 0 Å². The number of nitrogens with two attached hydrogens (primary N) is 1. The van der Waals surface area contributed by atoms with Gasteiger partial charge in [-0.05, 0) is 29.3 Å². The van der Waals surface area contributed by atoms with Crippen molar-refractivity contribution in [2.75, 3.05) is 5.73 Å². The van der Waals surface area contributed by atoms with Crippen molar-refractivity contribution in [2.24, 2.45) is 0 Å². The number of carbonyl (C=O) groups is 2. The van der Waals surface area contributed by atoms with Crippen molar-refractivity contribution in [1.29, 1.82) is 0 Å². The van der Waals surface area contributed by atoms with Crippen molar-refractivity contribution >= 4 is 28.3 Å². The first-order chi connectivity index (χ1) is 9.52. The first-order valence-corrected chi connectivity index (χ1v) is 6.35. The first kappa shape index (κ1) is 13.9. The largest absolute Gasteiger partial charge is 0.480 e. The Balaban J connectivity index is 2.34. The highest BCUT2D eigenvalue weighted by Gasteiger charge is 2.20. The standard InChI is InChI=1S/C15H16N2O3/c1-2-13(15(19)20)17-14(18)11-7-9-5-3-4-6-10(9)8-12(11)16/h3-8,13H,2,16H2,1H3,(H,17,18)(H,19,20)/t13-/m0/s1. The predicted octanol–water partition coefficient (Wildman–Crippen LogP) is 2.01. The van der Waals surface area contributed by atoms with Crippen molar-refractivity contribution in [2.45, 2.75) is 19.4 Å². The minimum Gasteiger partial charge on any atom is -0.480 e. The third-order valence-electron chi connectivity index (χ3n) is 3.17. The van der Waals surface area contributed by atoms with Crippen molar-refractivity contribution in [3.05, 3.63) is 42.0 Å². The van der Waals surface area contributed by atoms with Crippen LogP contribution >= 0.6 is 0 Å². The summed E-state index contributed by atoms with van der Waals surface area (Å²) < 4.78 is 0. The zero-order chi connectivity index (χ0) is 14.7. The van der Waals surface area contributed by atoms with E-state index in [0.717, 1.165) is 10.8 Å². The Kier molecular flexibility index (Phi) is 3.89. The number of nitrogen functional groups attached to an aromatic ring is 1. The molecule has 0 aliphatic rings. The lowest BCUT2D eigenvalue weighted by atomic mass is 10.0. The number of fused-ring (bicyclic) bond motifs is 1.